The Morgan fingerprint density at radius 3 is 2.64 bits per heavy atom. The van der Waals surface area contributed by atoms with Crippen molar-refractivity contribution < 1.29 is 14.6 Å². The van der Waals surface area contributed by atoms with Crippen LogP contribution in [0.25, 0.3) is 0 Å². The first kappa shape index (κ1) is 11.4. The van der Waals surface area contributed by atoms with Gasteiger partial charge in [-0.15, -0.1) is 11.6 Å². The van der Waals surface area contributed by atoms with Crippen molar-refractivity contribution in [3.05, 3.63) is 29.3 Å². The Bertz CT molecular complexity index is 322. The van der Waals surface area contributed by atoms with Crippen molar-refractivity contribution in [1.29, 1.82) is 0 Å². The van der Waals surface area contributed by atoms with E-state index in [1.54, 1.807) is 6.92 Å². The number of hydrogen-bond acceptors (Lipinski definition) is 3. The number of nitrogens with zero attached hydrogens (tertiary/aromatic N) is 1. The van der Waals surface area contributed by atoms with E-state index >= 15 is 0 Å². The third-order valence-corrected chi connectivity index (χ3v) is 2.25. The van der Waals surface area contributed by atoms with Gasteiger partial charge in [-0.2, -0.15) is 4.39 Å². The standard InChI is InChI=1S/C9H11ClFNO2/c1-5-6(2-3-8(11)12-5)9(14)7(13)4-10/h2-3,7,9,13-14H,4H2,1H3. The number of aromatic nitrogens is 1. The molecule has 0 aromatic carbocycles. The summed E-state index contributed by atoms with van der Waals surface area (Å²) in [5, 5.41) is 18.8. The van der Waals surface area contributed by atoms with Crippen molar-refractivity contribution in [2.45, 2.75) is 19.1 Å². The van der Waals surface area contributed by atoms with Crippen LogP contribution in [0.1, 0.15) is 17.4 Å². The van der Waals surface area contributed by atoms with Crippen molar-refractivity contribution in [3.63, 3.8) is 0 Å². The summed E-state index contributed by atoms with van der Waals surface area (Å²) in [6.45, 7) is 1.56. The minimum atomic E-state index is -1.12. The molecule has 0 fully saturated rings. The lowest BCUT2D eigenvalue weighted by Crippen LogP contribution is -2.20. The molecule has 0 bridgehead atoms. The molecule has 1 rings (SSSR count). The second-order valence-corrected chi connectivity index (χ2v) is 3.28. The van der Waals surface area contributed by atoms with Gasteiger partial charge in [0.1, 0.15) is 6.10 Å². The van der Waals surface area contributed by atoms with E-state index in [0.717, 1.165) is 6.07 Å². The van der Waals surface area contributed by atoms with E-state index in [9.17, 15) is 14.6 Å². The lowest BCUT2D eigenvalue weighted by Gasteiger charge is -2.16. The summed E-state index contributed by atoms with van der Waals surface area (Å²) in [6.07, 6.45) is -2.19. The molecule has 2 atom stereocenters. The predicted octanol–water partition coefficient (Wildman–Crippen LogP) is 1.16. The van der Waals surface area contributed by atoms with Gasteiger partial charge in [-0.05, 0) is 19.1 Å². The molecule has 1 heterocycles. The van der Waals surface area contributed by atoms with Crippen LogP contribution in [0.4, 0.5) is 4.39 Å². The van der Waals surface area contributed by atoms with Crippen LogP contribution < -0.4 is 0 Å². The monoisotopic (exact) mass is 219 g/mol. The molecule has 1 aromatic rings. The third kappa shape index (κ3) is 2.41. The van der Waals surface area contributed by atoms with Gasteiger partial charge in [0.15, 0.2) is 0 Å². The molecule has 3 nitrogen and oxygen atoms in total. The van der Waals surface area contributed by atoms with Crippen LogP contribution in [-0.4, -0.2) is 27.2 Å². The lowest BCUT2D eigenvalue weighted by molar-refractivity contribution is 0.0320. The van der Waals surface area contributed by atoms with Gasteiger partial charge in [0.25, 0.3) is 0 Å². The molecular formula is C9H11ClFNO2. The molecule has 0 saturated carbocycles. The van der Waals surface area contributed by atoms with Crippen molar-refractivity contribution in [1.82, 2.24) is 4.98 Å². The molecule has 0 aliphatic carbocycles. The highest BCUT2D eigenvalue weighted by molar-refractivity contribution is 6.18. The summed E-state index contributed by atoms with van der Waals surface area (Å²) in [6, 6.07) is 2.52. The maximum atomic E-state index is 12.6. The van der Waals surface area contributed by atoms with Crippen LogP contribution in [0.5, 0.6) is 0 Å². The number of aliphatic hydroxyl groups is 2. The normalized spacial score (nSPS) is 15.2. The lowest BCUT2D eigenvalue weighted by atomic mass is 10.0. The number of halogens is 2. The number of pyridine rings is 1. The van der Waals surface area contributed by atoms with E-state index in [1.807, 2.05) is 0 Å². The van der Waals surface area contributed by atoms with Gasteiger partial charge in [0, 0.05) is 11.3 Å². The molecule has 78 valence electrons. The van der Waals surface area contributed by atoms with Crippen LogP contribution in [-0.2, 0) is 0 Å². The quantitative estimate of drug-likeness (QED) is 0.593. The Kier molecular flexibility index (Phi) is 3.80. The van der Waals surface area contributed by atoms with E-state index in [4.69, 9.17) is 11.6 Å². The van der Waals surface area contributed by atoms with Crippen molar-refractivity contribution >= 4 is 11.6 Å². The number of alkyl halides is 1. The second-order valence-electron chi connectivity index (χ2n) is 2.98. The van der Waals surface area contributed by atoms with Gasteiger partial charge >= 0.3 is 0 Å². The zero-order chi connectivity index (χ0) is 10.7. The summed E-state index contributed by atoms with van der Waals surface area (Å²) in [5.41, 5.74) is 0.737. The molecular weight excluding hydrogens is 209 g/mol. The third-order valence-electron chi connectivity index (χ3n) is 1.93. The van der Waals surface area contributed by atoms with Gasteiger partial charge in [-0.3, -0.25) is 0 Å². The fourth-order valence-electron chi connectivity index (χ4n) is 1.15. The second kappa shape index (κ2) is 4.68. The number of aliphatic hydroxyl groups excluding tert-OH is 2. The van der Waals surface area contributed by atoms with Gasteiger partial charge < -0.3 is 10.2 Å². The Morgan fingerprint density at radius 1 is 1.50 bits per heavy atom. The van der Waals surface area contributed by atoms with Gasteiger partial charge in [-0.25, -0.2) is 4.98 Å². The molecule has 0 saturated heterocycles. The molecule has 0 amide bonds. The van der Waals surface area contributed by atoms with Crippen LogP contribution >= 0.6 is 11.6 Å². The minimum absolute atomic E-state index is 0.0853. The summed E-state index contributed by atoms with van der Waals surface area (Å²) in [4.78, 5) is 3.53. The first-order valence-electron chi connectivity index (χ1n) is 4.11. The van der Waals surface area contributed by atoms with Crippen LogP contribution in [0.15, 0.2) is 12.1 Å². The smallest absolute Gasteiger partial charge is 0.213 e. The highest BCUT2D eigenvalue weighted by atomic mass is 35.5. The average Bonchev–Trinajstić information content (AvgIpc) is 2.15. The van der Waals surface area contributed by atoms with Crippen molar-refractivity contribution in [2.24, 2.45) is 0 Å². The number of aryl methyl sites for hydroxylation is 1. The van der Waals surface area contributed by atoms with Crippen LogP contribution in [0, 0.1) is 12.9 Å². The van der Waals surface area contributed by atoms with Crippen molar-refractivity contribution in [2.75, 3.05) is 5.88 Å². The van der Waals surface area contributed by atoms with E-state index in [0.29, 0.717) is 11.3 Å². The molecule has 2 unspecified atom stereocenters. The molecule has 0 radical (unpaired) electrons. The average molecular weight is 220 g/mol. The zero-order valence-corrected chi connectivity index (χ0v) is 8.37. The fraction of sp³-hybridized carbons (Fsp3) is 0.444. The first-order chi connectivity index (χ1) is 6.56. The first-order valence-corrected chi connectivity index (χ1v) is 4.65. The van der Waals surface area contributed by atoms with Gasteiger partial charge in [0.05, 0.1) is 12.0 Å². The largest absolute Gasteiger partial charge is 0.389 e. The Balaban J connectivity index is 2.95. The highest BCUT2D eigenvalue weighted by Gasteiger charge is 2.19. The van der Waals surface area contributed by atoms with Gasteiger partial charge in [0.2, 0.25) is 5.95 Å². The highest BCUT2D eigenvalue weighted by Crippen LogP contribution is 2.20. The summed E-state index contributed by atoms with van der Waals surface area (Å²) < 4.78 is 12.6. The Morgan fingerprint density at radius 2 is 2.14 bits per heavy atom. The maximum Gasteiger partial charge on any atom is 0.213 e. The predicted molar refractivity (Wildman–Crippen MR) is 50.6 cm³/mol. The topological polar surface area (TPSA) is 53.4 Å². The van der Waals surface area contributed by atoms with Crippen LogP contribution in [0.2, 0.25) is 0 Å². The summed E-state index contributed by atoms with van der Waals surface area (Å²) >= 11 is 5.38. The molecule has 1 aromatic heterocycles. The minimum Gasteiger partial charge on any atom is -0.389 e. The van der Waals surface area contributed by atoms with E-state index in [2.05, 4.69) is 4.98 Å². The fourth-order valence-corrected chi connectivity index (χ4v) is 1.31. The Hall–Kier alpha value is -0.710. The van der Waals surface area contributed by atoms with E-state index in [-0.39, 0.29) is 5.88 Å². The Labute approximate surface area is 86.2 Å². The van der Waals surface area contributed by atoms with Gasteiger partial charge in [-0.1, -0.05) is 0 Å². The zero-order valence-electron chi connectivity index (χ0n) is 7.61. The maximum absolute atomic E-state index is 12.6. The molecule has 2 N–H and O–H groups in total. The molecule has 14 heavy (non-hydrogen) atoms. The number of rotatable bonds is 3. The molecule has 0 aliphatic rings. The van der Waals surface area contributed by atoms with E-state index in [1.165, 1.54) is 6.07 Å². The van der Waals surface area contributed by atoms with Crippen molar-refractivity contribution in [3.8, 4) is 0 Å². The summed E-state index contributed by atoms with van der Waals surface area (Å²) in [7, 11) is 0. The molecule has 0 spiro atoms. The molecule has 0 aliphatic heterocycles. The van der Waals surface area contributed by atoms with E-state index < -0.39 is 18.2 Å². The molecule has 5 heteroatoms. The SMILES string of the molecule is Cc1nc(F)ccc1C(O)C(O)CCl. The number of hydrogen-bond donors (Lipinski definition) is 2. The summed E-state index contributed by atoms with van der Waals surface area (Å²) in [5.74, 6) is -0.698. The van der Waals surface area contributed by atoms with Crippen LogP contribution in [0.3, 0.4) is 0 Å².